The van der Waals surface area contributed by atoms with Crippen LogP contribution in [0.15, 0.2) is 24.4 Å². The number of benzene rings is 1. The fraction of sp³-hybridized carbons (Fsp3) is 0.542. The second-order valence-electron chi connectivity index (χ2n) is 9.81. The molecule has 6 heteroatoms. The van der Waals surface area contributed by atoms with Gasteiger partial charge in [0.25, 0.3) is 0 Å². The fourth-order valence-corrected chi connectivity index (χ4v) is 5.81. The van der Waals surface area contributed by atoms with Crippen LogP contribution in [0.2, 0.25) is 0 Å². The highest BCUT2D eigenvalue weighted by Crippen LogP contribution is 2.54. The van der Waals surface area contributed by atoms with Gasteiger partial charge in [0, 0.05) is 24.2 Å². The second kappa shape index (κ2) is 7.25. The van der Waals surface area contributed by atoms with Gasteiger partial charge in [0.15, 0.2) is 0 Å². The molecular weight excluding hydrogens is 380 g/mol. The zero-order valence-corrected chi connectivity index (χ0v) is 18.4. The highest BCUT2D eigenvalue weighted by Gasteiger charge is 2.50. The van der Waals surface area contributed by atoms with Gasteiger partial charge in [0.2, 0.25) is 0 Å². The third kappa shape index (κ3) is 3.53. The normalized spacial score (nSPS) is 24.7. The molecule has 0 N–H and O–H groups in total. The van der Waals surface area contributed by atoms with Crippen LogP contribution in [0.5, 0.6) is 0 Å². The van der Waals surface area contributed by atoms with Gasteiger partial charge < -0.3 is 14.4 Å². The maximum atomic E-state index is 12.9. The first kappa shape index (κ1) is 20.6. The van der Waals surface area contributed by atoms with E-state index in [4.69, 9.17) is 9.47 Å². The van der Waals surface area contributed by atoms with Crippen LogP contribution in [0, 0.1) is 10.8 Å². The Morgan fingerprint density at radius 1 is 1.20 bits per heavy atom. The minimum absolute atomic E-state index is 0.188. The van der Waals surface area contributed by atoms with Crippen LogP contribution >= 0.6 is 0 Å². The third-order valence-electron chi connectivity index (χ3n) is 6.46. The van der Waals surface area contributed by atoms with Gasteiger partial charge in [0.05, 0.1) is 30.5 Å². The summed E-state index contributed by atoms with van der Waals surface area (Å²) in [6.45, 7) is 9.96. The number of nitrogens with zero attached hydrogens (tertiary/aromatic N) is 2. The van der Waals surface area contributed by atoms with E-state index in [9.17, 15) is 9.59 Å². The van der Waals surface area contributed by atoms with E-state index in [-0.39, 0.29) is 16.8 Å². The van der Waals surface area contributed by atoms with Crippen molar-refractivity contribution in [3.63, 3.8) is 0 Å². The molecule has 160 valence electrons. The number of fused-ring (bicyclic) bond motifs is 3. The van der Waals surface area contributed by atoms with Crippen LogP contribution in [0.4, 0.5) is 5.69 Å². The van der Waals surface area contributed by atoms with Gasteiger partial charge >= 0.3 is 11.9 Å². The van der Waals surface area contributed by atoms with Crippen LogP contribution < -0.4 is 4.90 Å². The Hall–Kier alpha value is -2.63. The Morgan fingerprint density at radius 2 is 1.97 bits per heavy atom. The molecule has 0 amide bonds. The van der Waals surface area contributed by atoms with Gasteiger partial charge in [-0.3, -0.25) is 4.98 Å². The number of carbonyl (C=O) groups is 2. The van der Waals surface area contributed by atoms with Crippen LogP contribution in [-0.4, -0.2) is 43.2 Å². The van der Waals surface area contributed by atoms with Gasteiger partial charge in [-0.2, -0.15) is 0 Å². The number of pyridine rings is 1. The Bertz CT molecular complexity index is 1020. The van der Waals surface area contributed by atoms with Crippen molar-refractivity contribution in [1.29, 1.82) is 0 Å². The molecule has 0 spiro atoms. The number of rotatable bonds is 4. The van der Waals surface area contributed by atoms with Gasteiger partial charge in [-0.05, 0) is 55.2 Å². The maximum absolute atomic E-state index is 12.9. The Morgan fingerprint density at radius 3 is 2.67 bits per heavy atom. The lowest BCUT2D eigenvalue weighted by Crippen LogP contribution is -2.35. The van der Waals surface area contributed by atoms with Gasteiger partial charge in [-0.25, -0.2) is 9.59 Å². The molecule has 2 bridgehead atoms. The molecule has 2 atom stereocenters. The summed E-state index contributed by atoms with van der Waals surface area (Å²) in [5.74, 6) is -0.783. The Labute approximate surface area is 177 Å². The summed E-state index contributed by atoms with van der Waals surface area (Å²) < 4.78 is 10.3. The lowest BCUT2D eigenvalue weighted by Gasteiger charge is -2.39. The van der Waals surface area contributed by atoms with Gasteiger partial charge in [0.1, 0.15) is 5.56 Å². The number of esters is 2. The van der Waals surface area contributed by atoms with Crippen molar-refractivity contribution in [3.05, 3.63) is 35.5 Å². The van der Waals surface area contributed by atoms with E-state index in [2.05, 4.69) is 30.7 Å². The summed E-state index contributed by atoms with van der Waals surface area (Å²) in [5.41, 5.74) is 2.92. The molecule has 30 heavy (non-hydrogen) atoms. The predicted octanol–water partition coefficient (Wildman–Crippen LogP) is 4.60. The second-order valence-corrected chi connectivity index (χ2v) is 9.81. The number of anilines is 1. The number of methoxy groups -OCH3 is 1. The molecule has 0 unspecified atom stereocenters. The molecule has 1 saturated heterocycles. The van der Waals surface area contributed by atoms with E-state index >= 15 is 0 Å². The summed E-state index contributed by atoms with van der Waals surface area (Å²) in [4.78, 5) is 31.9. The standard InChI is InChI=1S/C24H30N2O4/c1-6-30-22(28)18-12-25-19-8-7-15(21(27)29-5)9-17(19)20(18)26-14-24(4)11-16(26)10-23(2,3)13-24/h7-9,12,16H,6,10-11,13-14H2,1-5H3/t16-,24+/m0/s1. The molecule has 1 saturated carbocycles. The largest absolute Gasteiger partial charge is 0.465 e. The van der Waals surface area contributed by atoms with Gasteiger partial charge in [-0.15, -0.1) is 0 Å². The summed E-state index contributed by atoms with van der Waals surface area (Å²) in [7, 11) is 1.37. The highest BCUT2D eigenvalue weighted by molar-refractivity contribution is 6.07. The molecule has 2 heterocycles. The molecule has 1 aromatic carbocycles. The van der Waals surface area contributed by atoms with Crippen molar-refractivity contribution in [2.75, 3.05) is 25.2 Å². The molecular formula is C24H30N2O4. The zero-order chi connectivity index (χ0) is 21.7. The average Bonchev–Trinajstić information content (AvgIpc) is 2.94. The molecule has 0 radical (unpaired) electrons. The molecule has 2 fully saturated rings. The number of carbonyl (C=O) groups excluding carboxylic acids is 2. The number of ether oxygens (including phenoxy) is 2. The average molecular weight is 411 g/mol. The van der Waals surface area contributed by atoms with Crippen molar-refractivity contribution in [3.8, 4) is 0 Å². The maximum Gasteiger partial charge on any atom is 0.341 e. The molecule has 4 rings (SSSR count). The van der Waals surface area contributed by atoms with E-state index in [0.29, 0.717) is 23.8 Å². The quantitative estimate of drug-likeness (QED) is 0.686. The lowest BCUT2D eigenvalue weighted by molar-refractivity contribution is 0.0525. The summed E-state index contributed by atoms with van der Waals surface area (Å²) in [5, 5.41) is 0.789. The van der Waals surface area contributed by atoms with Crippen LogP contribution in [0.3, 0.4) is 0 Å². The molecule has 6 nitrogen and oxygen atoms in total. The summed E-state index contributed by atoms with van der Waals surface area (Å²) in [6, 6.07) is 5.65. The van der Waals surface area contributed by atoms with E-state index in [1.165, 1.54) is 7.11 Å². The van der Waals surface area contributed by atoms with Crippen molar-refractivity contribution < 1.29 is 19.1 Å². The molecule has 1 aliphatic carbocycles. The van der Waals surface area contributed by atoms with Crippen LogP contribution in [0.1, 0.15) is 67.7 Å². The van der Waals surface area contributed by atoms with E-state index in [0.717, 1.165) is 42.4 Å². The van der Waals surface area contributed by atoms with E-state index < -0.39 is 5.97 Å². The van der Waals surface area contributed by atoms with E-state index in [1.807, 2.05) is 6.07 Å². The SMILES string of the molecule is CCOC(=O)c1cnc2ccc(C(=O)OC)cc2c1N1C[C@]2(C)C[C@@H]1CC(C)(C)C2. The topological polar surface area (TPSA) is 68.7 Å². The fourth-order valence-electron chi connectivity index (χ4n) is 5.81. The monoisotopic (exact) mass is 410 g/mol. The van der Waals surface area contributed by atoms with Crippen molar-refractivity contribution in [1.82, 2.24) is 4.98 Å². The Balaban J connectivity index is 1.92. The number of aromatic nitrogens is 1. The molecule has 2 aliphatic rings. The minimum atomic E-state index is -0.405. The number of hydrogen-bond donors (Lipinski definition) is 0. The molecule has 1 aromatic heterocycles. The third-order valence-corrected chi connectivity index (χ3v) is 6.46. The first-order chi connectivity index (χ1) is 14.2. The van der Waals surface area contributed by atoms with E-state index in [1.54, 1.807) is 25.3 Å². The van der Waals surface area contributed by atoms with Crippen molar-refractivity contribution >= 4 is 28.5 Å². The smallest absolute Gasteiger partial charge is 0.341 e. The van der Waals surface area contributed by atoms with Gasteiger partial charge in [-0.1, -0.05) is 20.8 Å². The summed E-state index contributed by atoms with van der Waals surface area (Å²) in [6.07, 6.45) is 4.92. The first-order valence-electron chi connectivity index (χ1n) is 10.6. The number of hydrogen-bond acceptors (Lipinski definition) is 6. The summed E-state index contributed by atoms with van der Waals surface area (Å²) >= 11 is 0. The highest BCUT2D eigenvalue weighted by atomic mass is 16.5. The van der Waals surface area contributed by atoms with Crippen LogP contribution in [-0.2, 0) is 9.47 Å². The zero-order valence-electron chi connectivity index (χ0n) is 18.4. The van der Waals surface area contributed by atoms with Crippen LogP contribution in [0.25, 0.3) is 10.9 Å². The predicted molar refractivity (Wildman–Crippen MR) is 116 cm³/mol. The first-order valence-corrected chi connectivity index (χ1v) is 10.6. The van der Waals surface area contributed by atoms with Crippen molar-refractivity contribution in [2.45, 2.75) is 53.0 Å². The molecule has 1 aliphatic heterocycles. The van der Waals surface area contributed by atoms with Crippen molar-refractivity contribution in [2.24, 2.45) is 10.8 Å². The minimum Gasteiger partial charge on any atom is -0.465 e. The Kier molecular flexibility index (Phi) is 4.99. The lowest BCUT2D eigenvalue weighted by atomic mass is 9.65. The molecule has 2 aromatic rings.